The Morgan fingerprint density at radius 1 is 0.903 bits per heavy atom. The zero-order chi connectivity index (χ0) is 21.4. The molecule has 2 aromatic carbocycles. The van der Waals surface area contributed by atoms with E-state index in [2.05, 4.69) is 76.0 Å². The third-order valence-corrected chi connectivity index (χ3v) is 6.28. The largest absolute Gasteiger partial charge is 0.495 e. The molecule has 158 valence electrons. The Morgan fingerprint density at radius 3 is 2.32 bits per heavy atom. The van der Waals surface area contributed by atoms with E-state index in [9.17, 15) is 0 Å². The first-order chi connectivity index (χ1) is 15.1. The second kappa shape index (κ2) is 8.16. The van der Waals surface area contributed by atoms with E-state index in [1.165, 1.54) is 11.4 Å². The average molecular weight is 433 g/mol. The average Bonchev–Trinajstić information content (AvgIpc) is 3.24. The topological polar surface area (TPSA) is 33.0 Å². The number of fused-ring (bicyclic) bond motifs is 1. The third kappa shape index (κ3) is 3.81. The van der Waals surface area contributed by atoms with Gasteiger partial charge in [0.05, 0.1) is 17.8 Å². The van der Waals surface area contributed by atoms with Crippen LogP contribution in [0.3, 0.4) is 0 Å². The molecule has 1 fully saturated rings. The molecule has 2 aromatic heterocycles. The van der Waals surface area contributed by atoms with E-state index in [0.717, 1.165) is 48.6 Å². The highest BCUT2D eigenvalue weighted by Crippen LogP contribution is 2.33. The molecule has 0 spiro atoms. The number of imidazole rings is 1. The molecule has 31 heavy (non-hydrogen) atoms. The van der Waals surface area contributed by atoms with Gasteiger partial charge in [0.25, 0.3) is 0 Å². The summed E-state index contributed by atoms with van der Waals surface area (Å²) in [4.78, 5) is 9.76. The monoisotopic (exact) mass is 432 g/mol. The zero-order valence-electron chi connectivity index (χ0n) is 17.8. The number of para-hydroxylation sites is 1. The van der Waals surface area contributed by atoms with Gasteiger partial charge in [-0.3, -0.25) is 0 Å². The van der Waals surface area contributed by atoms with Crippen LogP contribution >= 0.6 is 11.6 Å². The number of piperazine rings is 1. The lowest BCUT2D eigenvalue weighted by Gasteiger charge is -2.37. The van der Waals surface area contributed by atoms with Crippen LogP contribution in [0.25, 0.3) is 16.9 Å². The van der Waals surface area contributed by atoms with Crippen LogP contribution in [0.2, 0.25) is 5.02 Å². The number of hydrogen-bond acceptors (Lipinski definition) is 4. The van der Waals surface area contributed by atoms with Gasteiger partial charge in [0.15, 0.2) is 0 Å². The molecule has 0 radical (unpaired) electrons. The predicted molar refractivity (Wildman–Crippen MR) is 128 cm³/mol. The van der Waals surface area contributed by atoms with Gasteiger partial charge >= 0.3 is 0 Å². The summed E-state index contributed by atoms with van der Waals surface area (Å²) >= 11 is 6.36. The molecule has 5 nitrogen and oxygen atoms in total. The highest BCUT2D eigenvalue weighted by molar-refractivity contribution is 6.32. The first-order valence-electron chi connectivity index (χ1n) is 10.5. The first-order valence-corrected chi connectivity index (χ1v) is 10.9. The molecule has 3 heterocycles. The highest BCUT2D eigenvalue weighted by atomic mass is 35.5. The second-order valence-corrected chi connectivity index (χ2v) is 8.30. The molecule has 0 N–H and O–H groups in total. The van der Waals surface area contributed by atoms with Crippen LogP contribution in [-0.2, 0) is 0 Å². The lowest BCUT2D eigenvalue weighted by atomic mass is 10.1. The molecule has 0 saturated carbocycles. The van der Waals surface area contributed by atoms with Gasteiger partial charge in [-0.2, -0.15) is 0 Å². The molecular formula is C25H25ClN4O. The Bertz CT molecular complexity index is 1210. The summed E-state index contributed by atoms with van der Waals surface area (Å²) in [6.45, 7) is 6.06. The van der Waals surface area contributed by atoms with Gasteiger partial charge < -0.3 is 18.9 Å². The molecule has 0 unspecified atom stereocenters. The van der Waals surface area contributed by atoms with Crippen molar-refractivity contribution in [3.8, 4) is 17.0 Å². The van der Waals surface area contributed by atoms with Gasteiger partial charge in [0.2, 0.25) is 0 Å². The molecule has 1 aliphatic rings. The van der Waals surface area contributed by atoms with Crippen molar-refractivity contribution < 1.29 is 4.74 Å². The Kier molecular flexibility index (Phi) is 5.20. The summed E-state index contributed by atoms with van der Waals surface area (Å²) in [5.74, 6) is 0.684. The van der Waals surface area contributed by atoms with E-state index in [1.807, 2.05) is 12.1 Å². The van der Waals surface area contributed by atoms with Crippen molar-refractivity contribution in [1.29, 1.82) is 0 Å². The summed E-state index contributed by atoms with van der Waals surface area (Å²) in [6, 6.07) is 18.9. The minimum Gasteiger partial charge on any atom is -0.495 e. The van der Waals surface area contributed by atoms with Crippen molar-refractivity contribution in [2.45, 2.75) is 6.92 Å². The van der Waals surface area contributed by atoms with Crippen molar-refractivity contribution in [2.24, 2.45) is 0 Å². The number of rotatable bonds is 4. The van der Waals surface area contributed by atoms with E-state index in [0.29, 0.717) is 10.8 Å². The normalized spacial score (nSPS) is 14.3. The molecule has 1 saturated heterocycles. The predicted octanol–water partition coefficient (Wildman–Crippen LogP) is 5.30. The highest BCUT2D eigenvalue weighted by Gasteiger charge is 2.18. The van der Waals surface area contributed by atoms with Gasteiger partial charge in [-0.1, -0.05) is 29.8 Å². The number of hydrogen-bond donors (Lipinski definition) is 0. The Balaban J connectivity index is 1.38. The minimum atomic E-state index is 0.595. The van der Waals surface area contributed by atoms with E-state index >= 15 is 0 Å². The fourth-order valence-corrected chi connectivity index (χ4v) is 4.49. The summed E-state index contributed by atoms with van der Waals surface area (Å²) in [7, 11) is 1.63. The van der Waals surface area contributed by atoms with E-state index in [4.69, 9.17) is 21.3 Å². The molecule has 0 amide bonds. The summed E-state index contributed by atoms with van der Waals surface area (Å²) in [5, 5.41) is 0.595. The van der Waals surface area contributed by atoms with Crippen LogP contribution in [0.5, 0.6) is 5.75 Å². The number of anilines is 2. The van der Waals surface area contributed by atoms with Crippen LogP contribution in [0.15, 0.2) is 67.0 Å². The molecule has 5 rings (SSSR count). The maximum Gasteiger partial charge on any atom is 0.139 e. The molecule has 6 heteroatoms. The molecule has 4 aromatic rings. The number of aryl methyl sites for hydroxylation is 1. The van der Waals surface area contributed by atoms with E-state index in [-0.39, 0.29) is 0 Å². The Hall–Kier alpha value is -3.18. The van der Waals surface area contributed by atoms with Crippen molar-refractivity contribution >= 4 is 28.6 Å². The summed E-state index contributed by atoms with van der Waals surface area (Å²) in [6.07, 6.45) is 4.14. The van der Waals surface area contributed by atoms with Crippen molar-refractivity contribution in [3.63, 3.8) is 0 Å². The number of pyridine rings is 1. The molecule has 0 aliphatic carbocycles. The fraction of sp³-hybridized carbons (Fsp3) is 0.240. The van der Waals surface area contributed by atoms with Crippen LogP contribution < -0.4 is 14.5 Å². The third-order valence-electron chi connectivity index (χ3n) is 5.98. The van der Waals surface area contributed by atoms with Crippen molar-refractivity contribution in [1.82, 2.24) is 9.38 Å². The smallest absolute Gasteiger partial charge is 0.139 e. The lowest BCUT2D eigenvalue weighted by Crippen LogP contribution is -2.46. The minimum absolute atomic E-state index is 0.595. The second-order valence-electron chi connectivity index (χ2n) is 7.89. The SMILES string of the molecule is COc1cc(C)c(-c2cn3ccc(N4CCN(c5ccccc5)CC4)cc3n2)cc1Cl. The van der Waals surface area contributed by atoms with Crippen molar-refractivity contribution in [3.05, 3.63) is 77.6 Å². The van der Waals surface area contributed by atoms with Gasteiger partial charge in [-0.05, 0) is 42.8 Å². The van der Waals surface area contributed by atoms with Crippen LogP contribution in [0, 0.1) is 6.92 Å². The fourth-order valence-electron chi connectivity index (χ4n) is 4.25. The van der Waals surface area contributed by atoms with E-state index < -0.39 is 0 Å². The molecule has 0 atom stereocenters. The number of ether oxygens (including phenoxy) is 1. The number of benzene rings is 2. The Labute approximate surface area is 187 Å². The van der Waals surface area contributed by atoms with Gasteiger partial charge in [0, 0.05) is 61.6 Å². The maximum atomic E-state index is 6.36. The maximum absolute atomic E-state index is 6.36. The standard InChI is InChI=1S/C25H25ClN4O/c1-18-14-24(31-2)22(26)16-21(18)23-17-30-9-8-20(15-25(30)27-23)29-12-10-28(11-13-29)19-6-4-3-5-7-19/h3-9,14-17H,10-13H2,1-2H3. The van der Waals surface area contributed by atoms with Gasteiger partial charge in [0.1, 0.15) is 11.4 Å². The number of nitrogens with zero attached hydrogens (tertiary/aromatic N) is 4. The van der Waals surface area contributed by atoms with Crippen LogP contribution in [0.4, 0.5) is 11.4 Å². The Morgan fingerprint density at radius 2 is 1.61 bits per heavy atom. The number of methoxy groups -OCH3 is 1. The summed E-state index contributed by atoms with van der Waals surface area (Å²) in [5.41, 5.74) is 6.46. The summed E-state index contributed by atoms with van der Waals surface area (Å²) < 4.78 is 7.39. The van der Waals surface area contributed by atoms with Gasteiger partial charge in [-0.25, -0.2) is 4.98 Å². The molecular weight excluding hydrogens is 408 g/mol. The van der Waals surface area contributed by atoms with Crippen molar-refractivity contribution in [2.75, 3.05) is 43.1 Å². The van der Waals surface area contributed by atoms with Gasteiger partial charge in [-0.15, -0.1) is 0 Å². The molecule has 1 aliphatic heterocycles. The van der Waals surface area contributed by atoms with Crippen LogP contribution in [-0.4, -0.2) is 42.7 Å². The van der Waals surface area contributed by atoms with E-state index in [1.54, 1.807) is 7.11 Å². The first kappa shape index (κ1) is 19.8. The lowest BCUT2D eigenvalue weighted by molar-refractivity contribution is 0.415. The quantitative estimate of drug-likeness (QED) is 0.438. The van der Waals surface area contributed by atoms with Crippen LogP contribution in [0.1, 0.15) is 5.56 Å². The molecule has 0 bridgehead atoms. The zero-order valence-corrected chi connectivity index (χ0v) is 18.5. The number of halogens is 1. The number of aromatic nitrogens is 2.